The zero-order chi connectivity index (χ0) is 15.3. The maximum atomic E-state index is 12.3. The summed E-state index contributed by atoms with van der Waals surface area (Å²) in [7, 11) is 0. The van der Waals surface area contributed by atoms with E-state index < -0.39 is 23.3 Å². The molecule has 0 bridgehead atoms. The van der Waals surface area contributed by atoms with Crippen LogP contribution in [0.1, 0.15) is 40.5 Å². The predicted octanol–water partition coefficient (Wildman–Crippen LogP) is 2.04. The van der Waals surface area contributed by atoms with Crippen LogP contribution >= 0.6 is 0 Å². The number of ether oxygens (including phenoxy) is 2. The number of aldehydes is 1. The van der Waals surface area contributed by atoms with Crippen molar-refractivity contribution in [2.75, 3.05) is 6.61 Å². The molecule has 0 aromatic carbocycles. The number of hydrogen-bond acceptors (Lipinski definition) is 5. The summed E-state index contributed by atoms with van der Waals surface area (Å²) >= 11 is 0. The molecule has 1 aliphatic carbocycles. The third kappa shape index (κ3) is 3.26. The number of carbonyl (C=O) groups is 3. The van der Waals surface area contributed by atoms with Gasteiger partial charge in [-0.1, -0.05) is 11.6 Å². The molecule has 0 saturated carbocycles. The first-order valence-electron chi connectivity index (χ1n) is 6.87. The molecule has 5 nitrogen and oxygen atoms in total. The highest BCUT2D eigenvalue weighted by molar-refractivity contribution is 5.99. The monoisotopic (exact) mass is 282 g/mol. The molecule has 1 aliphatic rings. The van der Waals surface area contributed by atoms with E-state index in [-0.39, 0.29) is 19.1 Å². The second kappa shape index (κ2) is 6.68. The van der Waals surface area contributed by atoms with E-state index in [1.54, 1.807) is 20.8 Å². The normalized spacial score (nSPS) is 25.9. The van der Waals surface area contributed by atoms with E-state index in [0.717, 1.165) is 5.57 Å². The van der Waals surface area contributed by atoms with Gasteiger partial charge in [0.05, 0.1) is 18.6 Å². The number of rotatable bonds is 5. The molecule has 1 rings (SSSR count). The van der Waals surface area contributed by atoms with Crippen LogP contribution in [0.3, 0.4) is 0 Å². The first-order valence-corrected chi connectivity index (χ1v) is 6.87. The minimum absolute atomic E-state index is 0.178. The largest absolute Gasteiger partial charge is 0.466 e. The summed E-state index contributed by atoms with van der Waals surface area (Å²) in [5.41, 5.74) is -0.492. The molecule has 0 aromatic rings. The molecular formula is C15H22O5. The van der Waals surface area contributed by atoms with E-state index in [1.165, 1.54) is 0 Å². The van der Waals surface area contributed by atoms with Crippen LogP contribution in [-0.2, 0) is 23.9 Å². The highest BCUT2D eigenvalue weighted by Gasteiger charge is 2.52. The Labute approximate surface area is 119 Å². The van der Waals surface area contributed by atoms with Crippen LogP contribution in [0.25, 0.3) is 0 Å². The summed E-state index contributed by atoms with van der Waals surface area (Å²) in [5.74, 6) is -1.98. The van der Waals surface area contributed by atoms with E-state index in [1.807, 2.05) is 13.0 Å². The molecule has 0 aliphatic heterocycles. The number of allylic oxidation sites excluding steroid dienone is 2. The first kappa shape index (κ1) is 16.4. The van der Waals surface area contributed by atoms with Crippen LogP contribution in [-0.4, -0.2) is 30.9 Å². The highest BCUT2D eigenvalue weighted by atomic mass is 16.5. The quantitative estimate of drug-likeness (QED) is 0.334. The van der Waals surface area contributed by atoms with E-state index in [2.05, 4.69) is 0 Å². The summed E-state index contributed by atoms with van der Waals surface area (Å²) in [5, 5.41) is 0. The second-order valence-electron chi connectivity index (χ2n) is 5.38. The molecule has 0 amide bonds. The van der Waals surface area contributed by atoms with Crippen molar-refractivity contribution in [2.45, 2.75) is 46.6 Å². The Kier molecular flexibility index (Phi) is 5.48. The number of carbonyl (C=O) groups excluding carboxylic acids is 3. The van der Waals surface area contributed by atoms with Gasteiger partial charge in [-0.2, -0.15) is 0 Å². The van der Waals surface area contributed by atoms with Crippen molar-refractivity contribution in [1.82, 2.24) is 0 Å². The van der Waals surface area contributed by atoms with Gasteiger partial charge in [0.1, 0.15) is 11.7 Å². The minimum atomic E-state index is -1.46. The third-order valence-electron chi connectivity index (χ3n) is 3.44. The lowest BCUT2D eigenvalue weighted by Gasteiger charge is -2.35. The lowest BCUT2D eigenvalue weighted by molar-refractivity contribution is -0.173. The molecule has 112 valence electrons. The molecule has 5 heteroatoms. The van der Waals surface area contributed by atoms with E-state index in [9.17, 15) is 14.4 Å². The smallest absolute Gasteiger partial charge is 0.320 e. The van der Waals surface area contributed by atoms with Crippen LogP contribution in [0, 0.1) is 11.3 Å². The fourth-order valence-electron chi connectivity index (χ4n) is 2.34. The van der Waals surface area contributed by atoms with Crippen LogP contribution in [0.4, 0.5) is 0 Å². The molecule has 2 atom stereocenters. The maximum absolute atomic E-state index is 12.3. The molecule has 0 fully saturated rings. The van der Waals surface area contributed by atoms with Gasteiger partial charge in [0.2, 0.25) is 0 Å². The van der Waals surface area contributed by atoms with Crippen molar-refractivity contribution in [3.8, 4) is 0 Å². The van der Waals surface area contributed by atoms with Crippen LogP contribution in [0.15, 0.2) is 11.6 Å². The van der Waals surface area contributed by atoms with Crippen molar-refractivity contribution in [3.63, 3.8) is 0 Å². The third-order valence-corrected chi connectivity index (χ3v) is 3.44. The van der Waals surface area contributed by atoms with Crippen LogP contribution in [0.5, 0.6) is 0 Å². The molecule has 0 heterocycles. The Balaban J connectivity index is 3.13. The lowest BCUT2D eigenvalue weighted by Crippen LogP contribution is -2.47. The van der Waals surface area contributed by atoms with E-state index >= 15 is 0 Å². The Hall–Kier alpha value is -1.65. The van der Waals surface area contributed by atoms with Gasteiger partial charge in [0, 0.05) is 0 Å². The molecular weight excluding hydrogens is 260 g/mol. The van der Waals surface area contributed by atoms with Crippen molar-refractivity contribution < 1.29 is 23.9 Å². The Morgan fingerprint density at radius 1 is 1.50 bits per heavy atom. The Bertz CT molecular complexity index is 424. The highest BCUT2D eigenvalue weighted by Crippen LogP contribution is 2.41. The molecule has 0 radical (unpaired) electrons. The first-order chi connectivity index (χ1) is 9.37. The van der Waals surface area contributed by atoms with Crippen molar-refractivity contribution in [3.05, 3.63) is 11.6 Å². The second-order valence-corrected chi connectivity index (χ2v) is 5.38. The molecule has 20 heavy (non-hydrogen) atoms. The van der Waals surface area contributed by atoms with Crippen LogP contribution < -0.4 is 0 Å². The van der Waals surface area contributed by atoms with E-state index in [4.69, 9.17) is 9.47 Å². The minimum Gasteiger partial charge on any atom is -0.466 e. The predicted molar refractivity (Wildman–Crippen MR) is 72.8 cm³/mol. The lowest BCUT2D eigenvalue weighted by atomic mass is 9.67. The van der Waals surface area contributed by atoms with Crippen molar-refractivity contribution in [2.24, 2.45) is 11.3 Å². The fourth-order valence-corrected chi connectivity index (χ4v) is 2.34. The molecule has 0 spiro atoms. The molecule has 0 aromatic heterocycles. The SMILES string of the molecule is CCOC(=O)[C@H]1CC(C)=CC[C@@]1(C=O)C(=O)OC(C)C. The van der Waals surface area contributed by atoms with Gasteiger partial charge in [-0.05, 0) is 40.5 Å². The molecule has 0 unspecified atom stereocenters. The van der Waals surface area contributed by atoms with E-state index in [0.29, 0.717) is 12.7 Å². The summed E-state index contributed by atoms with van der Waals surface area (Å²) in [6, 6.07) is 0. The van der Waals surface area contributed by atoms with Gasteiger partial charge in [-0.3, -0.25) is 9.59 Å². The zero-order valence-electron chi connectivity index (χ0n) is 12.5. The summed E-state index contributed by atoms with van der Waals surface area (Å²) in [6.07, 6.45) is 2.53. The summed E-state index contributed by atoms with van der Waals surface area (Å²) < 4.78 is 10.2. The average molecular weight is 282 g/mol. The van der Waals surface area contributed by atoms with Gasteiger partial charge in [0.25, 0.3) is 0 Å². The average Bonchev–Trinajstić information content (AvgIpc) is 2.38. The van der Waals surface area contributed by atoms with Gasteiger partial charge in [-0.25, -0.2) is 0 Å². The standard InChI is InChI=1S/C15H22O5/c1-5-19-13(17)12-8-11(4)6-7-15(12,9-16)14(18)20-10(2)3/h6,9-10,12H,5,7-8H2,1-4H3/t12-,15+/m1/s1. The Morgan fingerprint density at radius 3 is 2.65 bits per heavy atom. The zero-order valence-corrected chi connectivity index (χ0v) is 12.5. The topological polar surface area (TPSA) is 69.7 Å². The maximum Gasteiger partial charge on any atom is 0.320 e. The Morgan fingerprint density at radius 2 is 2.15 bits per heavy atom. The van der Waals surface area contributed by atoms with Crippen molar-refractivity contribution in [1.29, 1.82) is 0 Å². The number of esters is 2. The van der Waals surface area contributed by atoms with Gasteiger partial charge < -0.3 is 14.3 Å². The molecule has 0 saturated heterocycles. The van der Waals surface area contributed by atoms with Gasteiger partial charge in [-0.15, -0.1) is 0 Å². The summed E-state index contributed by atoms with van der Waals surface area (Å²) in [4.78, 5) is 36.0. The summed E-state index contributed by atoms with van der Waals surface area (Å²) in [6.45, 7) is 7.19. The van der Waals surface area contributed by atoms with Gasteiger partial charge in [0.15, 0.2) is 0 Å². The fraction of sp³-hybridized carbons (Fsp3) is 0.667. The van der Waals surface area contributed by atoms with Crippen LogP contribution in [0.2, 0.25) is 0 Å². The number of hydrogen-bond donors (Lipinski definition) is 0. The van der Waals surface area contributed by atoms with Crippen molar-refractivity contribution >= 4 is 18.2 Å². The van der Waals surface area contributed by atoms with Gasteiger partial charge >= 0.3 is 11.9 Å². The molecule has 0 N–H and O–H groups in total.